The monoisotopic (exact) mass is 504 g/mol. The number of hydrogen-bond acceptors (Lipinski definition) is 4. The van der Waals surface area contributed by atoms with Crippen LogP contribution in [-0.4, -0.2) is 56.2 Å². The van der Waals surface area contributed by atoms with Crippen molar-refractivity contribution in [2.75, 3.05) is 34.2 Å². The normalized spacial score (nSPS) is 14.3. The van der Waals surface area contributed by atoms with Gasteiger partial charge in [-0.2, -0.15) is 0 Å². The van der Waals surface area contributed by atoms with Crippen molar-refractivity contribution >= 4 is 51.4 Å². The van der Waals surface area contributed by atoms with E-state index in [0.29, 0.717) is 18.5 Å². The predicted octanol–water partition coefficient (Wildman–Crippen LogP) is 3.69. The van der Waals surface area contributed by atoms with Crippen LogP contribution in [0.2, 0.25) is 0 Å². The molecule has 0 spiro atoms. The first-order chi connectivity index (χ1) is 12.4. The fourth-order valence-corrected chi connectivity index (χ4v) is 3.97. The third-order valence-electron chi connectivity index (χ3n) is 4.44. The summed E-state index contributed by atoms with van der Waals surface area (Å²) in [5, 5.41) is 18.3. The zero-order valence-electron chi connectivity index (χ0n) is 16.9. The van der Waals surface area contributed by atoms with Gasteiger partial charge in [-0.15, -0.1) is 35.3 Å². The lowest BCUT2D eigenvalue weighted by molar-refractivity contribution is 0.184. The minimum atomic E-state index is -0.550. The van der Waals surface area contributed by atoms with Gasteiger partial charge in [0, 0.05) is 35.8 Å². The first-order valence-corrected chi connectivity index (χ1v) is 9.99. The minimum Gasteiger partial charge on any atom is -0.386 e. The summed E-state index contributed by atoms with van der Waals surface area (Å²) in [6.45, 7) is 5.74. The van der Waals surface area contributed by atoms with E-state index >= 15 is 0 Å². The number of aliphatic hydroxyl groups excluding tert-OH is 1. The second-order valence-corrected chi connectivity index (χ2v) is 8.40. The number of rotatable bonds is 8. The maximum Gasteiger partial charge on any atom is 0.191 e. The Hall–Kier alpha value is -0.900. The van der Waals surface area contributed by atoms with E-state index in [4.69, 9.17) is 0 Å². The third kappa shape index (κ3) is 7.56. The van der Waals surface area contributed by atoms with Crippen molar-refractivity contribution in [1.29, 1.82) is 0 Å². The number of hydrogen-bond donors (Lipinski definition) is 3. The van der Waals surface area contributed by atoms with E-state index in [1.165, 1.54) is 10.1 Å². The van der Waals surface area contributed by atoms with E-state index in [0.717, 1.165) is 23.8 Å². The van der Waals surface area contributed by atoms with Gasteiger partial charge in [0.1, 0.15) is 6.10 Å². The third-order valence-corrected chi connectivity index (χ3v) is 5.66. The largest absolute Gasteiger partial charge is 0.386 e. The van der Waals surface area contributed by atoms with Gasteiger partial charge in [-0.1, -0.05) is 32.0 Å². The fraction of sp³-hybridized carbons (Fsp3) is 0.550. The molecule has 0 bridgehead atoms. The highest BCUT2D eigenvalue weighted by molar-refractivity contribution is 14.0. The molecule has 0 radical (unpaired) electrons. The van der Waals surface area contributed by atoms with Crippen LogP contribution in [0.4, 0.5) is 0 Å². The first-order valence-electron chi connectivity index (χ1n) is 9.18. The molecule has 2 aromatic rings. The molecule has 2 rings (SSSR count). The SMILES string of the molecule is CN=C(NCC(O)c1cc2ccccc2s1)NCC(CC(C)C)N(C)C.I. The van der Waals surface area contributed by atoms with Gasteiger partial charge in [-0.25, -0.2) is 0 Å². The molecule has 0 fully saturated rings. The Kier molecular flexibility index (Phi) is 10.6. The maximum absolute atomic E-state index is 10.5. The Balaban J connectivity index is 0.00000364. The van der Waals surface area contributed by atoms with Crippen LogP contribution in [-0.2, 0) is 0 Å². The number of nitrogens with one attached hydrogen (secondary N) is 2. The molecule has 152 valence electrons. The van der Waals surface area contributed by atoms with Crippen molar-refractivity contribution in [2.24, 2.45) is 10.9 Å². The van der Waals surface area contributed by atoms with E-state index in [2.05, 4.69) is 66.7 Å². The summed E-state index contributed by atoms with van der Waals surface area (Å²) in [5.74, 6) is 1.37. The van der Waals surface area contributed by atoms with Crippen molar-refractivity contribution in [3.8, 4) is 0 Å². The molecule has 1 aromatic carbocycles. The fourth-order valence-electron chi connectivity index (χ4n) is 2.92. The standard InChI is InChI=1S/C20H32N4OS.HI/c1-14(2)10-16(24(4)5)12-22-20(21-3)23-13-17(25)19-11-15-8-6-7-9-18(15)26-19;/h6-9,11,14,16-17,25H,10,12-13H2,1-5H3,(H2,21,22,23);1H. The average molecular weight is 504 g/mol. The summed E-state index contributed by atoms with van der Waals surface area (Å²) < 4.78 is 1.20. The topological polar surface area (TPSA) is 59.9 Å². The predicted molar refractivity (Wildman–Crippen MR) is 128 cm³/mol. The Morgan fingerprint density at radius 2 is 1.85 bits per heavy atom. The van der Waals surface area contributed by atoms with Crippen molar-refractivity contribution in [1.82, 2.24) is 15.5 Å². The molecule has 3 N–H and O–H groups in total. The summed E-state index contributed by atoms with van der Waals surface area (Å²) >= 11 is 1.64. The van der Waals surface area contributed by atoms with E-state index in [-0.39, 0.29) is 24.0 Å². The summed E-state index contributed by atoms with van der Waals surface area (Å²) in [4.78, 5) is 7.49. The molecule has 0 amide bonds. The molecule has 2 atom stereocenters. The summed E-state index contributed by atoms with van der Waals surface area (Å²) in [7, 11) is 5.97. The zero-order valence-corrected chi connectivity index (χ0v) is 20.0. The van der Waals surface area contributed by atoms with Crippen LogP contribution in [0.15, 0.2) is 35.3 Å². The van der Waals surface area contributed by atoms with Gasteiger partial charge in [0.15, 0.2) is 5.96 Å². The van der Waals surface area contributed by atoms with Crippen LogP contribution in [0.5, 0.6) is 0 Å². The number of guanidine groups is 1. The number of nitrogens with zero attached hydrogens (tertiary/aromatic N) is 2. The Morgan fingerprint density at radius 1 is 1.19 bits per heavy atom. The molecule has 2 unspecified atom stereocenters. The highest BCUT2D eigenvalue weighted by Crippen LogP contribution is 2.29. The van der Waals surface area contributed by atoms with Crippen LogP contribution in [0.3, 0.4) is 0 Å². The van der Waals surface area contributed by atoms with Gasteiger partial charge >= 0.3 is 0 Å². The number of halogens is 1. The Morgan fingerprint density at radius 3 is 2.44 bits per heavy atom. The number of aliphatic imine (C=N–C) groups is 1. The molecular formula is C20H33IN4OS. The molecule has 0 aliphatic carbocycles. The van der Waals surface area contributed by atoms with E-state index in [9.17, 15) is 5.11 Å². The molecule has 1 aromatic heterocycles. The lowest BCUT2D eigenvalue weighted by atomic mass is 10.0. The quantitative estimate of drug-likeness (QED) is 0.292. The first kappa shape index (κ1) is 24.1. The van der Waals surface area contributed by atoms with Crippen LogP contribution >= 0.6 is 35.3 Å². The second-order valence-electron chi connectivity index (χ2n) is 7.28. The molecule has 27 heavy (non-hydrogen) atoms. The summed E-state index contributed by atoms with van der Waals surface area (Å²) in [6.07, 6.45) is 0.577. The van der Waals surface area contributed by atoms with E-state index in [1.807, 2.05) is 12.1 Å². The van der Waals surface area contributed by atoms with Gasteiger partial charge < -0.3 is 20.6 Å². The van der Waals surface area contributed by atoms with Crippen molar-refractivity contribution < 1.29 is 5.11 Å². The Labute approximate surface area is 184 Å². The number of aliphatic hydroxyl groups is 1. The number of thiophene rings is 1. The van der Waals surface area contributed by atoms with Crippen LogP contribution in [0.25, 0.3) is 10.1 Å². The zero-order chi connectivity index (χ0) is 19.1. The maximum atomic E-state index is 10.5. The number of fused-ring (bicyclic) bond motifs is 1. The highest BCUT2D eigenvalue weighted by atomic mass is 127. The molecule has 0 aliphatic rings. The lowest BCUT2D eigenvalue weighted by Gasteiger charge is -2.27. The van der Waals surface area contributed by atoms with E-state index in [1.54, 1.807) is 18.4 Å². The molecule has 0 saturated carbocycles. The molecule has 1 heterocycles. The van der Waals surface area contributed by atoms with Gasteiger partial charge in [-0.3, -0.25) is 4.99 Å². The van der Waals surface area contributed by atoms with Gasteiger partial charge in [-0.05, 0) is 44.0 Å². The second kappa shape index (κ2) is 11.8. The summed E-state index contributed by atoms with van der Waals surface area (Å²) in [5.41, 5.74) is 0. The average Bonchev–Trinajstić information content (AvgIpc) is 3.04. The van der Waals surface area contributed by atoms with Crippen LogP contribution < -0.4 is 10.6 Å². The van der Waals surface area contributed by atoms with Gasteiger partial charge in [0.05, 0.1) is 0 Å². The molecule has 0 saturated heterocycles. The summed E-state index contributed by atoms with van der Waals surface area (Å²) in [6, 6.07) is 10.7. The van der Waals surface area contributed by atoms with Gasteiger partial charge in [0.2, 0.25) is 0 Å². The number of benzene rings is 1. The lowest BCUT2D eigenvalue weighted by Crippen LogP contribution is -2.46. The highest BCUT2D eigenvalue weighted by Gasteiger charge is 2.15. The van der Waals surface area contributed by atoms with Crippen LogP contribution in [0, 0.1) is 5.92 Å². The molecule has 0 aliphatic heterocycles. The van der Waals surface area contributed by atoms with Crippen LogP contribution in [0.1, 0.15) is 31.2 Å². The molecule has 5 nitrogen and oxygen atoms in total. The van der Waals surface area contributed by atoms with E-state index < -0.39 is 6.10 Å². The molecule has 7 heteroatoms. The molecular weight excluding hydrogens is 471 g/mol. The van der Waals surface area contributed by atoms with Crippen molar-refractivity contribution in [2.45, 2.75) is 32.4 Å². The van der Waals surface area contributed by atoms with Crippen molar-refractivity contribution in [3.63, 3.8) is 0 Å². The minimum absolute atomic E-state index is 0. The smallest absolute Gasteiger partial charge is 0.191 e. The van der Waals surface area contributed by atoms with Gasteiger partial charge in [0.25, 0.3) is 0 Å². The van der Waals surface area contributed by atoms with Crippen molar-refractivity contribution in [3.05, 3.63) is 35.2 Å². The Bertz CT molecular complexity index is 684. The number of likely N-dealkylation sites (N-methyl/N-ethyl adjacent to an activating group) is 1.